The lowest BCUT2D eigenvalue weighted by Crippen LogP contribution is -2.45. The van der Waals surface area contributed by atoms with Crippen molar-refractivity contribution in [1.82, 2.24) is 9.80 Å². The molecular weight excluding hydrogens is 392 g/mol. The molecule has 0 radical (unpaired) electrons. The number of hydrogen-bond donors (Lipinski definition) is 1. The summed E-state index contributed by atoms with van der Waals surface area (Å²) in [5, 5.41) is 8.91. The summed E-state index contributed by atoms with van der Waals surface area (Å²) in [5.74, 6) is 1.66. The highest BCUT2D eigenvalue weighted by Crippen LogP contribution is 2.23. The Morgan fingerprint density at radius 1 is 1.03 bits per heavy atom. The first-order valence-electron chi connectivity index (χ1n) is 9.70. The molecule has 0 aliphatic carbocycles. The van der Waals surface area contributed by atoms with Gasteiger partial charge in [0.2, 0.25) is 0 Å². The zero-order valence-corrected chi connectivity index (χ0v) is 17.5. The molecule has 6 nitrogen and oxygen atoms in total. The van der Waals surface area contributed by atoms with E-state index in [1.165, 1.54) is 0 Å². The van der Waals surface area contributed by atoms with Crippen molar-refractivity contribution in [2.24, 2.45) is 0 Å². The Balaban J connectivity index is 0.00000300. The Kier molecular flexibility index (Phi) is 9.25. The number of carboxylic acid groups (broad SMARTS) is 1. The third kappa shape index (κ3) is 7.57. The number of benzene rings is 2. The second-order valence-electron chi connectivity index (χ2n) is 7.12. The van der Waals surface area contributed by atoms with Crippen molar-refractivity contribution in [3.05, 3.63) is 54.6 Å². The van der Waals surface area contributed by atoms with Crippen LogP contribution >= 0.6 is 12.4 Å². The van der Waals surface area contributed by atoms with Crippen LogP contribution < -0.4 is 9.47 Å². The average Bonchev–Trinajstić information content (AvgIpc) is 2.70. The van der Waals surface area contributed by atoms with E-state index in [2.05, 4.69) is 4.90 Å². The van der Waals surface area contributed by atoms with Gasteiger partial charge in [-0.15, -0.1) is 12.4 Å². The second kappa shape index (κ2) is 11.7. The Morgan fingerprint density at radius 3 is 2.24 bits per heavy atom. The number of nitrogens with zero attached hydrogens (tertiary/aromatic N) is 2. The molecular formula is C22H29ClN2O4. The number of piperidine rings is 1. The van der Waals surface area contributed by atoms with Crippen molar-refractivity contribution >= 4 is 18.4 Å². The summed E-state index contributed by atoms with van der Waals surface area (Å²) >= 11 is 0. The average molecular weight is 421 g/mol. The minimum atomic E-state index is -0.765. The monoisotopic (exact) mass is 420 g/mol. The number of ether oxygens (including phenoxy) is 2. The van der Waals surface area contributed by atoms with Crippen LogP contribution in [-0.2, 0) is 4.79 Å². The summed E-state index contributed by atoms with van der Waals surface area (Å²) < 4.78 is 11.6. The molecule has 1 heterocycles. The predicted molar refractivity (Wildman–Crippen MR) is 115 cm³/mol. The quantitative estimate of drug-likeness (QED) is 0.666. The summed E-state index contributed by atoms with van der Waals surface area (Å²) in [6.45, 7) is 3.56. The number of carboxylic acids is 1. The fraction of sp³-hybridized carbons (Fsp3) is 0.409. The summed E-state index contributed by atoms with van der Waals surface area (Å²) in [6.07, 6.45) is 1.99. The van der Waals surface area contributed by atoms with Gasteiger partial charge in [-0.05, 0) is 69.4 Å². The molecule has 1 saturated heterocycles. The Bertz CT molecular complexity index is 734. The van der Waals surface area contributed by atoms with Crippen LogP contribution in [0.4, 0.5) is 0 Å². The number of rotatable bonds is 9. The van der Waals surface area contributed by atoms with Crippen molar-refractivity contribution in [3.8, 4) is 17.2 Å². The van der Waals surface area contributed by atoms with Crippen LogP contribution in [0.1, 0.15) is 12.8 Å². The first-order valence-corrected chi connectivity index (χ1v) is 9.70. The van der Waals surface area contributed by atoms with Crippen LogP contribution in [0.5, 0.6) is 17.2 Å². The van der Waals surface area contributed by atoms with Gasteiger partial charge in [0.05, 0.1) is 6.54 Å². The maximum absolute atomic E-state index is 10.8. The van der Waals surface area contributed by atoms with Gasteiger partial charge in [-0.3, -0.25) is 14.6 Å². The highest BCUT2D eigenvalue weighted by atomic mass is 35.5. The largest absolute Gasteiger partial charge is 0.492 e. The van der Waals surface area contributed by atoms with Crippen molar-refractivity contribution < 1.29 is 19.4 Å². The molecule has 1 aliphatic heterocycles. The van der Waals surface area contributed by atoms with Gasteiger partial charge in [-0.1, -0.05) is 18.2 Å². The lowest BCUT2D eigenvalue weighted by atomic mass is 10.0. The Hall–Kier alpha value is -2.28. The lowest BCUT2D eigenvalue weighted by molar-refractivity contribution is -0.138. The van der Waals surface area contributed by atoms with Crippen LogP contribution in [0.25, 0.3) is 0 Å². The molecule has 1 fully saturated rings. The zero-order chi connectivity index (χ0) is 19.8. The second-order valence-corrected chi connectivity index (χ2v) is 7.12. The number of carbonyl (C=O) groups is 1. The first kappa shape index (κ1) is 23.0. The lowest BCUT2D eigenvalue weighted by Gasteiger charge is -2.36. The normalized spacial score (nSPS) is 15.0. The van der Waals surface area contributed by atoms with E-state index in [0.717, 1.165) is 49.7 Å². The molecule has 0 unspecified atom stereocenters. The van der Waals surface area contributed by atoms with Crippen molar-refractivity contribution in [1.29, 1.82) is 0 Å². The van der Waals surface area contributed by atoms with Gasteiger partial charge in [0.15, 0.2) is 0 Å². The predicted octanol–water partition coefficient (Wildman–Crippen LogP) is 3.76. The minimum Gasteiger partial charge on any atom is -0.492 e. The number of aliphatic carboxylic acids is 1. The first-order chi connectivity index (χ1) is 13.6. The maximum atomic E-state index is 10.8. The fourth-order valence-corrected chi connectivity index (χ4v) is 3.45. The van der Waals surface area contributed by atoms with Crippen molar-refractivity contribution in [2.45, 2.75) is 18.9 Å². The number of hydrogen-bond acceptors (Lipinski definition) is 5. The molecule has 0 bridgehead atoms. The smallest absolute Gasteiger partial charge is 0.317 e. The molecule has 0 atom stereocenters. The molecule has 0 amide bonds. The van der Waals surface area contributed by atoms with E-state index in [9.17, 15) is 4.79 Å². The molecule has 158 valence electrons. The van der Waals surface area contributed by atoms with Crippen molar-refractivity contribution in [2.75, 3.05) is 39.8 Å². The van der Waals surface area contributed by atoms with E-state index in [0.29, 0.717) is 12.6 Å². The van der Waals surface area contributed by atoms with Crippen LogP contribution in [0.3, 0.4) is 0 Å². The molecule has 7 heteroatoms. The van der Waals surface area contributed by atoms with E-state index < -0.39 is 5.97 Å². The van der Waals surface area contributed by atoms with Crippen molar-refractivity contribution in [3.63, 3.8) is 0 Å². The molecule has 1 aliphatic rings. The van der Waals surface area contributed by atoms with E-state index in [4.69, 9.17) is 14.6 Å². The summed E-state index contributed by atoms with van der Waals surface area (Å²) in [7, 11) is 1.89. The van der Waals surface area contributed by atoms with E-state index >= 15 is 0 Å². The fourth-order valence-electron chi connectivity index (χ4n) is 3.45. The van der Waals surface area contributed by atoms with Gasteiger partial charge < -0.3 is 14.6 Å². The van der Waals surface area contributed by atoms with E-state index in [1.807, 2.05) is 66.5 Å². The molecule has 0 spiro atoms. The third-order valence-electron chi connectivity index (χ3n) is 5.04. The summed E-state index contributed by atoms with van der Waals surface area (Å²) in [4.78, 5) is 15.1. The summed E-state index contributed by atoms with van der Waals surface area (Å²) in [6, 6.07) is 17.7. The SMILES string of the molecule is CN(CC(=O)O)C1CCN(CCOc2ccc(Oc3ccccc3)cc2)CC1.Cl. The van der Waals surface area contributed by atoms with Gasteiger partial charge in [0.25, 0.3) is 0 Å². The zero-order valence-electron chi connectivity index (χ0n) is 16.7. The molecule has 2 aromatic carbocycles. The van der Waals surface area contributed by atoms with Gasteiger partial charge in [-0.25, -0.2) is 0 Å². The van der Waals surface area contributed by atoms with E-state index in [-0.39, 0.29) is 19.0 Å². The highest BCUT2D eigenvalue weighted by molar-refractivity contribution is 5.85. The van der Waals surface area contributed by atoms with Crippen LogP contribution in [0.2, 0.25) is 0 Å². The Labute approximate surface area is 178 Å². The van der Waals surface area contributed by atoms with Crippen LogP contribution in [-0.4, -0.2) is 66.8 Å². The van der Waals surface area contributed by atoms with Gasteiger partial charge >= 0.3 is 5.97 Å². The van der Waals surface area contributed by atoms with Crippen LogP contribution in [0.15, 0.2) is 54.6 Å². The molecule has 1 N–H and O–H groups in total. The molecule has 3 rings (SSSR count). The maximum Gasteiger partial charge on any atom is 0.317 e. The Morgan fingerprint density at radius 2 is 1.62 bits per heavy atom. The molecule has 2 aromatic rings. The molecule has 0 saturated carbocycles. The van der Waals surface area contributed by atoms with Gasteiger partial charge in [0.1, 0.15) is 23.9 Å². The minimum absolute atomic E-state index is 0. The number of likely N-dealkylation sites (tertiary alicyclic amines) is 1. The number of para-hydroxylation sites is 1. The molecule has 29 heavy (non-hydrogen) atoms. The van der Waals surface area contributed by atoms with Gasteiger partial charge in [-0.2, -0.15) is 0 Å². The summed E-state index contributed by atoms with van der Waals surface area (Å²) in [5.41, 5.74) is 0. The number of halogens is 1. The van der Waals surface area contributed by atoms with Gasteiger partial charge in [0, 0.05) is 12.6 Å². The molecule has 0 aromatic heterocycles. The number of likely N-dealkylation sites (N-methyl/N-ethyl adjacent to an activating group) is 1. The van der Waals surface area contributed by atoms with Crippen LogP contribution in [0, 0.1) is 0 Å². The van der Waals surface area contributed by atoms with E-state index in [1.54, 1.807) is 0 Å². The highest BCUT2D eigenvalue weighted by Gasteiger charge is 2.23. The standard InChI is InChI=1S/C22H28N2O4.ClH/c1-23(17-22(25)26)18-11-13-24(14-12-18)15-16-27-19-7-9-21(10-8-19)28-20-5-3-2-4-6-20;/h2-10,18H,11-17H2,1H3,(H,25,26);1H. The topological polar surface area (TPSA) is 62.2 Å². The third-order valence-corrected chi connectivity index (χ3v) is 5.04.